The van der Waals surface area contributed by atoms with Gasteiger partial charge in [0.2, 0.25) is 5.75 Å². The lowest BCUT2D eigenvalue weighted by molar-refractivity contribution is -0.139. The highest BCUT2D eigenvalue weighted by Crippen LogP contribution is 2.37. The molecule has 0 fully saturated rings. The van der Waals surface area contributed by atoms with Crippen molar-refractivity contribution in [2.24, 2.45) is 5.10 Å². The SMILES string of the molecule is C=CCNC(=O)C(=O)N/N=C/c1cc(OC)c(OC)c(OC)c1. The first-order valence-electron chi connectivity index (χ1n) is 6.59. The van der Waals surface area contributed by atoms with Crippen molar-refractivity contribution in [2.75, 3.05) is 27.9 Å². The summed E-state index contributed by atoms with van der Waals surface area (Å²) >= 11 is 0. The molecular formula is C15H19N3O5. The average molecular weight is 321 g/mol. The molecule has 1 aromatic rings. The number of carbonyl (C=O) groups is 2. The van der Waals surface area contributed by atoms with Crippen LogP contribution in [0.25, 0.3) is 0 Å². The molecular weight excluding hydrogens is 302 g/mol. The summed E-state index contributed by atoms with van der Waals surface area (Å²) < 4.78 is 15.6. The van der Waals surface area contributed by atoms with Gasteiger partial charge in [-0.3, -0.25) is 9.59 Å². The van der Waals surface area contributed by atoms with Crippen molar-refractivity contribution < 1.29 is 23.8 Å². The highest BCUT2D eigenvalue weighted by atomic mass is 16.5. The quantitative estimate of drug-likeness (QED) is 0.329. The van der Waals surface area contributed by atoms with Crippen LogP contribution in [0.4, 0.5) is 0 Å². The van der Waals surface area contributed by atoms with Crippen molar-refractivity contribution in [2.45, 2.75) is 0 Å². The van der Waals surface area contributed by atoms with Gasteiger partial charge in [0.05, 0.1) is 27.5 Å². The Balaban J connectivity index is 2.82. The van der Waals surface area contributed by atoms with Crippen LogP contribution >= 0.6 is 0 Å². The molecule has 23 heavy (non-hydrogen) atoms. The van der Waals surface area contributed by atoms with E-state index in [0.29, 0.717) is 22.8 Å². The molecule has 0 radical (unpaired) electrons. The zero-order valence-corrected chi connectivity index (χ0v) is 13.2. The van der Waals surface area contributed by atoms with Crippen LogP contribution in [-0.4, -0.2) is 45.9 Å². The Morgan fingerprint density at radius 3 is 2.22 bits per heavy atom. The first-order chi connectivity index (χ1) is 11.1. The number of amides is 2. The Morgan fingerprint density at radius 1 is 1.13 bits per heavy atom. The zero-order valence-electron chi connectivity index (χ0n) is 13.2. The van der Waals surface area contributed by atoms with Crippen LogP contribution < -0.4 is 25.0 Å². The Bertz CT molecular complexity index is 588. The molecule has 0 atom stereocenters. The predicted molar refractivity (Wildman–Crippen MR) is 85.0 cm³/mol. The maximum atomic E-state index is 11.4. The van der Waals surface area contributed by atoms with Crippen LogP contribution in [0.3, 0.4) is 0 Å². The molecule has 0 saturated carbocycles. The molecule has 0 bridgehead atoms. The van der Waals surface area contributed by atoms with Gasteiger partial charge >= 0.3 is 11.8 Å². The number of nitrogens with one attached hydrogen (secondary N) is 2. The molecule has 8 heteroatoms. The average Bonchev–Trinajstić information content (AvgIpc) is 2.58. The molecule has 124 valence electrons. The summed E-state index contributed by atoms with van der Waals surface area (Å²) in [6.45, 7) is 3.63. The van der Waals surface area contributed by atoms with Crippen molar-refractivity contribution in [1.82, 2.24) is 10.7 Å². The summed E-state index contributed by atoms with van der Waals surface area (Å²) in [4.78, 5) is 22.8. The minimum absolute atomic E-state index is 0.197. The summed E-state index contributed by atoms with van der Waals surface area (Å²) in [6, 6.07) is 3.30. The van der Waals surface area contributed by atoms with Crippen LogP contribution in [0.1, 0.15) is 5.56 Å². The van der Waals surface area contributed by atoms with Crippen LogP contribution in [0.15, 0.2) is 29.9 Å². The molecule has 2 N–H and O–H groups in total. The van der Waals surface area contributed by atoms with E-state index < -0.39 is 11.8 Å². The summed E-state index contributed by atoms with van der Waals surface area (Å²) in [6.07, 6.45) is 2.81. The molecule has 0 saturated heterocycles. The molecule has 1 aromatic carbocycles. The highest BCUT2D eigenvalue weighted by molar-refractivity contribution is 6.35. The first kappa shape index (κ1) is 18.0. The fourth-order valence-corrected chi connectivity index (χ4v) is 1.64. The Morgan fingerprint density at radius 2 is 1.74 bits per heavy atom. The summed E-state index contributed by atoms with van der Waals surface area (Å²) in [5.41, 5.74) is 2.70. The van der Waals surface area contributed by atoms with E-state index in [1.807, 2.05) is 0 Å². The first-order valence-corrected chi connectivity index (χ1v) is 6.59. The largest absolute Gasteiger partial charge is 0.493 e. The lowest BCUT2D eigenvalue weighted by Crippen LogP contribution is -2.37. The molecule has 0 aliphatic carbocycles. The Hall–Kier alpha value is -3.03. The molecule has 0 spiro atoms. The molecule has 8 nitrogen and oxygen atoms in total. The molecule has 0 aliphatic heterocycles. The molecule has 0 heterocycles. The number of hydrazone groups is 1. The normalized spacial score (nSPS) is 10.0. The van der Waals surface area contributed by atoms with Crippen molar-refractivity contribution in [1.29, 1.82) is 0 Å². The summed E-state index contributed by atoms with van der Waals surface area (Å²) in [7, 11) is 4.48. The van der Waals surface area contributed by atoms with Gasteiger partial charge in [-0.1, -0.05) is 6.08 Å². The number of nitrogens with zero attached hydrogens (tertiary/aromatic N) is 1. The fourth-order valence-electron chi connectivity index (χ4n) is 1.64. The van der Waals surface area contributed by atoms with Gasteiger partial charge in [-0.25, -0.2) is 5.43 Å². The molecule has 0 aliphatic rings. The van der Waals surface area contributed by atoms with Crippen LogP contribution in [-0.2, 0) is 9.59 Å². The van der Waals surface area contributed by atoms with E-state index in [1.165, 1.54) is 33.6 Å². The summed E-state index contributed by atoms with van der Waals surface area (Å²) in [5.74, 6) is -0.339. The minimum atomic E-state index is -0.879. The molecule has 2 amide bonds. The number of benzene rings is 1. The number of ether oxygens (including phenoxy) is 3. The van der Waals surface area contributed by atoms with Crippen molar-refractivity contribution >= 4 is 18.0 Å². The van der Waals surface area contributed by atoms with E-state index in [2.05, 4.69) is 22.4 Å². The zero-order chi connectivity index (χ0) is 17.2. The van der Waals surface area contributed by atoms with Crippen molar-refractivity contribution in [3.05, 3.63) is 30.4 Å². The number of hydrogen-bond donors (Lipinski definition) is 2. The van der Waals surface area contributed by atoms with Crippen LogP contribution in [0.2, 0.25) is 0 Å². The molecule has 1 rings (SSSR count). The van der Waals surface area contributed by atoms with E-state index in [9.17, 15) is 9.59 Å². The van der Waals surface area contributed by atoms with E-state index >= 15 is 0 Å². The third-order valence-corrected chi connectivity index (χ3v) is 2.68. The van der Waals surface area contributed by atoms with Crippen LogP contribution in [0.5, 0.6) is 17.2 Å². The van der Waals surface area contributed by atoms with Gasteiger partial charge in [0.15, 0.2) is 11.5 Å². The predicted octanol–water partition coefficient (Wildman–Crippen LogP) is 0.465. The molecule has 0 unspecified atom stereocenters. The maximum Gasteiger partial charge on any atom is 0.329 e. The maximum absolute atomic E-state index is 11.4. The lowest BCUT2D eigenvalue weighted by Gasteiger charge is -2.12. The number of rotatable bonds is 7. The lowest BCUT2D eigenvalue weighted by atomic mass is 10.2. The second-order valence-corrected chi connectivity index (χ2v) is 4.16. The van der Waals surface area contributed by atoms with Crippen molar-refractivity contribution in [3.8, 4) is 17.2 Å². The van der Waals surface area contributed by atoms with E-state index in [1.54, 1.807) is 12.1 Å². The Labute approximate surface area is 134 Å². The van der Waals surface area contributed by atoms with Crippen LogP contribution in [0, 0.1) is 0 Å². The van der Waals surface area contributed by atoms with Gasteiger partial charge in [-0.05, 0) is 12.1 Å². The van der Waals surface area contributed by atoms with E-state index in [4.69, 9.17) is 14.2 Å². The van der Waals surface area contributed by atoms with E-state index in [-0.39, 0.29) is 6.54 Å². The second-order valence-electron chi connectivity index (χ2n) is 4.16. The van der Waals surface area contributed by atoms with Gasteiger partial charge in [-0.15, -0.1) is 6.58 Å². The van der Waals surface area contributed by atoms with Gasteiger partial charge in [0.25, 0.3) is 0 Å². The smallest absolute Gasteiger partial charge is 0.329 e. The number of methoxy groups -OCH3 is 3. The topological polar surface area (TPSA) is 98.3 Å². The van der Waals surface area contributed by atoms with Gasteiger partial charge in [0.1, 0.15) is 0 Å². The third-order valence-electron chi connectivity index (χ3n) is 2.68. The number of carbonyl (C=O) groups excluding carboxylic acids is 2. The monoisotopic (exact) mass is 321 g/mol. The summed E-state index contributed by atoms with van der Waals surface area (Å²) in [5, 5.41) is 6.05. The van der Waals surface area contributed by atoms with E-state index in [0.717, 1.165) is 0 Å². The fraction of sp³-hybridized carbons (Fsp3) is 0.267. The minimum Gasteiger partial charge on any atom is -0.493 e. The Kier molecular flexibility index (Phi) is 7.12. The van der Waals surface area contributed by atoms with Crippen molar-refractivity contribution in [3.63, 3.8) is 0 Å². The third kappa shape index (κ3) is 5.03. The molecule has 0 aromatic heterocycles. The second kappa shape index (κ2) is 9.08. The number of hydrogen-bond acceptors (Lipinski definition) is 6. The van der Waals surface area contributed by atoms with Gasteiger partial charge in [0, 0.05) is 12.1 Å². The standard InChI is InChI=1S/C15H19N3O5/c1-5-6-16-14(19)15(20)18-17-9-10-7-11(21-2)13(23-4)12(8-10)22-3/h5,7-9H,1,6H2,2-4H3,(H,16,19)(H,18,20)/b17-9+. The van der Waals surface area contributed by atoms with Gasteiger partial charge in [-0.2, -0.15) is 5.10 Å². The van der Waals surface area contributed by atoms with Gasteiger partial charge < -0.3 is 19.5 Å². The highest BCUT2D eigenvalue weighted by Gasteiger charge is 2.13.